The largest absolute Gasteiger partial charge is 0.472 e. The molecule has 0 amide bonds. The zero-order valence-corrected chi connectivity index (χ0v) is 15.1. The maximum atomic E-state index is 6.15. The molecule has 0 radical (unpaired) electrons. The third kappa shape index (κ3) is 5.10. The Kier molecular flexibility index (Phi) is 6.28. The van der Waals surface area contributed by atoms with Crippen LogP contribution in [0.4, 0.5) is 0 Å². The fraction of sp³-hybridized carbons (Fsp3) is 0.286. The minimum absolute atomic E-state index is 0.0186. The number of nitrogens with zero attached hydrogens (tertiary/aromatic N) is 4. The zero-order chi connectivity index (χ0) is 18.2. The summed E-state index contributed by atoms with van der Waals surface area (Å²) in [6.07, 6.45) is 9.10. The molecule has 2 heterocycles. The van der Waals surface area contributed by atoms with Crippen LogP contribution in [0, 0.1) is 0 Å². The van der Waals surface area contributed by atoms with E-state index in [9.17, 15) is 0 Å². The minimum atomic E-state index is 0.0186. The van der Waals surface area contributed by atoms with Crippen LogP contribution < -0.4 is 4.74 Å². The Morgan fingerprint density at radius 3 is 2.77 bits per heavy atom. The van der Waals surface area contributed by atoms with Crippen LogP contribution in [0.25, 0.3) is 11.0 Å². The van der Waals surface area contributed by atoms with E-state index in [4.69, 9.17) is 4.74 Å². The van der Waals surface area contributed by atoms with Gasteiger partial charge in [0.05, 0.1) is 17.2 Å². The topological polar surface area (TPSA) is 51.1 Å². The van der Waals surface area contributed by atoms with Crippen molar-refractivity contribution >= 4 is 11.0 Å². The van der Waals surface area contributed by atoms with Crippen LogP contribution in [-0.2, 0) is 6.54 Å². The molecule has 1 aromatic carbocycles. The van der Waals surface area contributed by atoms with E-state index in [0.717, 1.165) is 37.0 Å². The van der Waals surface area contributed by atoms with Gasteiger partial charge in [-0.25, -0.2) is 9.97 Å². The van der Waals surface area contributed by atoms with E-state index in [2.05, 4.69) is 39.5 Å². The molecular formula is C21H24N4O. The van der Waals surface area contributed by atoms with Crippen molar-refractivity contribution in [2.75, 3.05) is 13.6 Å². The highest BCUT2D eigenvalue weighted by atomic mass is 16.5. The van der Waals surface area contributed by atoms with Gasteiger partial charge in [0.25, 0.3) is 0 Å². The van der Waals surface area contributed by atoms with E-state index in [0.29, 0.717) is 5.88 Å². The van der Waals surface area contributed by atoms with Gasteiger partial charge in [-0.15, -0.1) is 6.58 Å². The number of hydrogen-bond acceptors (Lipinski definition) is 5. The first-order valence-electron chi connectivity index (χ1n) is 8.81. The number of fused-ring (bicyclic) bond motifs is 1. The summed E-state index contributed by atoms with van der Waals surface area (Å²) in [7, 11) is 2.09. The lowest BCUT2D eigenvalue weighted by molar-refractivity contribution is 0.132. The van der Waals surface area contributed by atoms with Gasteiger partial charge in [0, 0.05) is 25.5 Å². The van der Waals surface area contributed by atoms with Gasteiger partial charge in [-0.1, -0.05) is 24.3 Å². The summed E-state index contributed by atoms with van der Waals surface area (Å²) in [6, 6.07) is 11.8. The lowest BCUT2D eigenvalue weighted by atomic mass is 10.1. The highest BCUT2D eigenvalue weighted by Gasteiger charge is 2.15. The first-order chi connectivity index (χ1) is 12.7. The van der Waals surface area contributed by atoms with Crippen molar-refractivity contribution in [2.45, 2.75) is 25.5 Å². The summed E-state index contributed by atoms with van der Waals surface area (Å²) in [5.41, 5.74) is 2.90. The van der Waals surface area contributed by atoms with Crippen molar-refractivity contribution in [3.63, 3.8) is 0 Å². The Balaban J connectivity index is 1.67. The van der Waals surface area contributed by atoms with Gasteiger partial charge in [0.15, 0.2) is 0 Å². The molecule has 5 heteroatoms. The van der Waals surface area contributed by atoms with Crippen molar-refractivity contribution in [1.82, 2.24) is 19.9 Å². The standard InChI is InChI=1S/C21H24N4O/c1-3-4-9-18(16-25(2)15-17-8-7-12-22-13-17)26-21-14-23-19-10-5-6-11-20(19)24-21/h3,5-8,10-14,18H,1,4,9,15-16H2,2H3/t18-/m0/s1. The molecule has 0 N–H and O–H groups in total. The number of allylic oxidation sites excluding steroid dienone is 1. The normalized spacial score (nSPS) is 12.2. The molecule has 0 unspecified atom stereocenters. The predicted molar refractivity (Wildman–Crippen MR) is 104 cm³/mol. The van der Waals surface area contributed by atoms with Crippen molar-refractivity contribution < 1.29 is 4.74 Å². The summed E-state index contributed by atoms with van der Waals surface area (Å²) < 4.78 is 6.15. The second kappa shape index (κ2) is 9.06. The number of ether oxygens (including phenoxy) is 1. The van der Waals surface area contributed by atoms with Gasteiger partial charge in [0.1, 0.15) is 6.10 Å². The zero-order valence-electron chi connectivity index (χ0n) is 15.1. The molecule has 0 fully saturated rings. The predicted octanol–water partition coefficient (Wildman–Crippen LogP) is 3.87. The molecule has 3 aromatic rings. The molecule has 26 heavy (non-hydrogen) atoms. The molecule has 0 aliphatic carbocycles. The van der Waals surface area contributed by atoms with Crippen LogP contribution in [0.1, 0.15) is 18.4 Å². The number of likely N-dealkylation sites (N-methyl/N-ethyl adjacent to an activating group) is 1. The van der Waals surface area contributed by atoms with Gasteiger partial charge in [-0.2, -0.15) is 0 Å². The quantitative estimate of drug-likeness (QED) is 0.550. The van der Waals surface area contributed by atoms with Crippen LogP contribution in [0.2, 0.25) is 0 Å². The molecule has 134 valence electrons. The van der Waals surface area contributed by atoms with Crippen LogP contribution in [0.15, 0.2) is 67.6 Å². The number of benzene rings is 1. The number of para-hydroxylation sites is 2. The third-order valence-electron chi connectivity index (χ3n) is 4.10. The highest BCUT2D eigenvalue weighted by molar-refractivity contribution is 5.73. The Hall–Kier alpha value is -2.79. The van der Waals surface area contributed by atoms with Crippen molar-refractivity contribution in [2.24, 2.45) is 0 Å². The summed E-state index contributed by atoms with van der Waals surface area (Å²) >= 11 is 0. The lowest BCUT2D eigenvalue weighted by Gasteiger charge is -2.24. The van der Waals surface area contributed by atoms with Gasteiger partial charge in [-0.05, 0) is 43.7 Å². The lowest BCUT2D eigenvalue weighted by Crippen LogP contribution is -2.33. The van der Waals surface area contributed by atoms with Crippen LogP contribution >= 0.6 is 0 Å². The average molecular weight is 348 g/mol. The number of aromatic nitrogens is 3. The van der Waals surface area contributed by atoms with Crippen LogP contribution in [0.5, 0.6) is 5.88 Å². The summed E-state index contributed by atoms with van der Waals surface area (Å²) in [6.45, 7) is 5.44. The maximum Gasteiger partial charge on any atom is 0.233 e. The minimum Gasteiger partial charge on any atom is -0.472 e. The van der Waals surface area contributed by atoms with E-state index in [1.807, 2.05) is 42.6 Å². The number of pyridine rings is 1. The molecule has 0 aliphatic heterocycles. The van der Waals surface area contributed by atoms with Gasteiger partial charge >= 0.3 is 0 Å². The Morgan fingerprint density at radius 1 is 1.15 bits per heavy atom. The molecule has 2 aromatic heterocycles. The second-order valence-corrected chi connectivity index (χ2v) is 6.36. The first kappa shape index (κ1) is 18.0. The summed E-state index contributed by atoms with van der Waals surface area (Å²) in [5, 5.41) is 0. The number of hydrogen-bond donors (Lipinski definition) is 0. The van der Waals surface area contributed by atoms with E-state index < -0.39 is 0 Å². The van der Waals surface area contributed by atoms with E-state index in [-0.39, 0.29) is 6.10 Å². The molecule has 1 atom stereocenters. The SMILES string of the molecule is C=CCC[C@@H](CN(C)Cc1cccnc1)Oc1cnc2ccccc2n1. The molecule has 0 bridgehead atoms. The highest BCUT2D eigenvalue weighted by Crippen LogP contribution is 2.16. The summed E-state index contributed by atoms with van der Waals surface area (Å²) in [4.78, 5) is 15.4. The molecule has 0 saturated carbocycles. The summed E-state index contributed by atoms with van der Waals surface area (Å²) in [5.74, 6) is 0.563. The molecular weight excluding hydrogens is 324 g/mol. The van der Waals surface area contributed by atoms with Gasteiger partial charge < -0.3 is 4.74 Å². The Morgan fingerprint density at radius 2 is 2.00 bits per heavy atom. The molecule has 3 rings (SSSR count). The van der Waals surface area contributed by atoms with Crippen molar-refractivity contribution in [3.05, 3.63) is 73.2 Å². The van der Waals surface area contributed by atoms with E-state index in [1.54, 1.807) is 12.4 Å². The molecule has 0 aliphatic rings. The Bertz CT molecular complexity index is 838. The fourth-order valence-corrected chi connectivity index (χ4v) is 2.87. The average Bonchev–Trinajstić information content (AvgIpc) is 2.66. The maximum absolute atomic E-state index is 6.15. The smallest absolute Gasteiger partial charge is 0.233 e. The molecule has 0 spiro atoms. The fourth-order valence-electron chi connectivity index (χ4n) is 2.87. The van der Waals surface area contributed by atoms with Gasteiger partial charge in [0.2, 0.25) is 5.88 Å². The Labute approximate surface area is 154 Å². The molecule has 0 saturated heterocycles. The molecule has 5 nitrogen and oxygen atoms in total. The van der Waals surface area contributed by atoms with Crippen molar-refractivity contribution in [3.8, 4) is 5.88 Å². The van der Waals surface area contributed by atoms with Gasteiger partial charge in [-0.3, -0.25) is 9.88 Å². The van der Waals surface area contributed by atoms with E-state index >= 15 is 0 Å². The number of rotatable bonds is 9. The van der Waals surface area contributed by atoms with Crippen LogP contribution in [0.3, 0.4) is 0 Å². The monoisotopic (exact) mass is 348 g/mol. The van der Waals surface area contributed by atoms with Crippen molar-refractivity contribution in [1.29, 1.82) is 0 Å². The first-order valence-corrected chi connectivity index (χ1v) is 8.81. The van der Waals surface area contributed by atoms with E-state index in [1.165, 1.54) is 5.56 Å². The second-order valence-electron chi connectivity index (χ2n) is 6.36. The van der Waals surface area contributed by atoms with Crippen LogP contribution in [-0.4, -0.2) is 39.5 Å². The third-order valence-corrected chi connectivity index (χ3v) is 4.10.